The highest BCUT2D eigenvalue weighted by Gasteiger charge is 2.34. The van der Waals surface area contributed by atoms with Crippen molar-refractivity contribution in [3.05, 3.63) is 35.9 Å². The SMILES string of the molecule is COCCC(C)N1CC(C)(c2ccccc2)NCCC1C. The van der Waals surface area contributed by atoms with Gasteiger partial charge in [0.05, 0.1) is 5.54 Å². The fourth-order valence-electron chi connectivity index (χ4n) is 3.34. The smallest absolute Gasteiger partial charge is 0.0535 e. The van der Waals surface area contributed by atoms with Gasteiger partial charge in [0.25, 0.3) is 0 Å². The van der Waals surface area contributed by atoms with Crippen molar-refractivity contribution in [1.82, 2.24) is 10.2 Å². The predicted molar refractivity (Wildman–Crippen MR) is 88.5 cm³/mol. The zero-order valence-corrected chi connectivity index (χ0v) is 13.9. The van der Waals surface area contributed by atoms with Gasteiger partial charge in [-0.15, -0.1) is 0 Å². The molecule has 0 aromatic heterocycles. The standard InChI is InChI=1S/C18H30N2O/c1-15-10-12-19-18(3,17-8-6-5-7-9-17)14-20(15)16(2)11-13-21-4/h5-9,15-16,19H,10-14H2,1-4H3. The number of hydrogen-bond donors (Lipinski definition) is 1. The molecule has 3 nitrogen and oxygen atoms in total. The zero-order chi connectivity index (χ0) is 15.3. The minimum atomic E-state index is 0.0212. The first kappa shape index (κ1) is 16.5. The lowest BCUT2D eigenvalue weighted by atomic mass is 9.91. The second-order valence-electron chi connectivity index (χ2n) is 6.57. The van der Waals surface area contributed by atoms with Crippen LogP contribution in [0, 0.1) is 0 Å². The van der Waals surface area contributed by atoms with Gasteiger partial charge in [0.2, 0.25) is 0 Å². The van der Waals surface area contributed by atoms with E-state index >= 15 is 0 Å². The molecule has 1 aromatic carbocycles. The fraction of sp³-hybridized carbons (Fsp3) is 0.667. The topological polar surface area (TPSA) is 24.5 Å². The van der Waals surface area contributed by atoms with Gasteiger partial charge in [-0.3, -0.25) is 4.90 Å². The van der Waals surface area contributed by atoms with Crippen molar-refractivity contribution in [1.29, 1.82) is 0 Å². The van der Waals surface area contributed by atoms with Gasteiger partial charge in [0, 0.05) is 32.3 Å². The van der Waals surface area contributed by atoms with E-state index in [9.17, 15) is 0 Å². The van der Waals surface area contributed by atoms with E-state index in [4.69, 9.17) is 4.74 Å². The number of hydrogen-bond acceptors (Lipinski definition) is 3. The molecule has 0 radical (unpaired) electrons. The molecule has 2 rings (SSSR count). The molecule has 0 spiro atoms. The minimum Gasteiger partial charge on any atom is -0.385 e. The summed E-state index contributed by atoms with van der Waals surface area (Å²) in [6, 6.07) is 12.0. The van der Waals surface area contributed by atoms with Crippen molar-refractivity contribution in [2.75, 3.05) is 26.8 Å². The number of rotatable bonds is 5. The monoisotopic (exact) mass is 290 g/mol. The molecule has 1 aromatic rings. The number of ether oxygens (including phenoxy) is 1. The molecule has 3 atom stereocenters. The van der Waals surface area contributed by atoms with Gasteiger partial charge in [-0.05, 0) is 45.7 Å². The third-order valence-electron chi connectivity index (χ3n) is 4.86. The van der Waals surface area contributed by atoms with Crippen LogP contribution in [-0.4, -0.2) is 43.8 Å². The Kier molecular flexibility index (Phi) is 5.80. The molecule has 0 saturated carbocycles. The molecule has 1 saturated heterocycles. The molecule has 3 unspecified atom stereocenters. The van der Waals surface area contributed by atoms with E-state index in [0.29, 0.717) is 12.1 Å². The van der Waals surface area contributed by atoms with Gasteiger partial charge in [0.15, 0.2) is 0 Å². The molecule has 21 heavy (non-hydrogen) atoms. The van der Waals surface area contributed by atoms with E-state index in [-0.39, 0.29) is 5.54 Å². The van der Waals surface area contributed by atoms with Crippen molar-refractivity contribution in [3.63, 3.8) is 0 Å². The van der Waals surface area contributed by atoms with E-state index < -0.39 is 0 Å². The Bertz CT molecular complexity index is 422. The summed E-state index contributed by atoms with van der Waals surface area (Å²) in [6.07, 6.45) is 2.28. The Labute approximate surface area is 129 Å². The molecule has 1 aliphatic rings. The zero-order valence-electron chi connectivity index (χ0n) is 13.9. The quantitative estimate of drug-likeness (QED) is 0.902. The third-order valence-corrected chi connectivity index (χ3v) is 4.86. The average molecular weight is 290 g/mol. The molecule has 1 aliphatic heterocycles. The van der Waals surface area contributed by atoms with E-state index in [1.165, 1.54) is 12.0 Å². The van der Waals surface area contributed by atoms with Gasteiger partial charge >= 0.3 is 0 Å². The Morgan fingerprint density at radius 1 is 1.38 bits per heavy atom. The third kappa shape index (κ3) is 4.06. The van der Waals surface area contributed by atoms with Crippen molar-refractivity contribution >= 4 is 0 Å². The summed E-state index contributed by atoms with van der Waals surface area (Å²) in [5.41, 5.74) is 1.40. The lowest BCUT2D eigenvalue weighted by Gasteiger charge is -2.39. The normalized spacial score (nSPS) is 29.0. The second-order valence-corrected chi connectivity index (χ2v) is 6.57. The van der Waals surface area contributed by atoms with Crippen molar-refractivity contribution < 1.29 is 4.74 Å². The first-order valence-electron chi connectivity index (χ1n) is 8.12. The van der Waals surface area contributed by atoms with Crippen LogP contribution in [0.25, 0.3) is 0 Å². The molecule has 0 aliphatic carbocycles. The molecule has 1 fully saturated rings. The second kappa shape index (κ2) is 7.39. The number of nitrogens with one attached hydrogen (secondary N) is 1. The Morgan fingerprint density at radius 3 is 2.76 bits per heavy atom. The van der Waals surface area contributed by atoms with Crippen molar-refractivity contribution in [3.8, 4) is 0 Å². The van der Waals surface area contributed by atoms with E-state index in [1.54, 1.807) is 7.11 Å². The Balaban J connectivity index is 2.17. The Morgan fingerprint density at radius 2 is 2.10 bits per heavy atom. The van der Waals surface area contributed by atoms with Gasteiger partial charge in [0.1, 0.15) is 0 Å². The number of benzene rings is 1. The molecule has 1 heterocycles. The van der Waals surface area contributed by atoms with Crippen LogP contribution in [0.2, 0.25) is 0 Å². The lowest BCUT2D eigenvalue weighted by molar-refractivity contribution is 0.0948. The number of nitrogens with zero attached hydrogens (tertiary/aromatic N) is 1. The summed E-state index contributed by atoms with van der Waals surface area (Å²) in [4.78, 5) is 2.64. The summed E-state index contributed by atoms with van der Waals surface area (Å²) in [5, 5.41) is 3.77. The van der Waals surface area contributed by atoms with Crippen LogP contribution in [0.15, 0.2) is 30.3 Å². The van der Waals surface area contributed by atoms with E-state index in [2.05, 4.69) is 61.3 Å². The first-order valence-corrected chi connectivity index (χ1v) is 8.12. The van der Waals surface area contributed by atoms with Gasteiger partial charge < -0.3 is 10.1 Å². The molecule has 3 heteroatoms. The van der Waals surface area contributed by atoms with Crippen LogP contribution in [0.5, 0.6) is 0 Å². The van der Waals surface area contributed by atoms with Crippen molar-refractivity contribution in [2.45, 2.75) is 51.2 Å². The summed E-state index contributed by atoms with van der Waals surface area (Å²) < 4.78 is 5.26. The largest absolute Gasteiger partial charge is 0.385 e. The van der Waals surface area contributed by atoms with E-state index in [0.717, 1.165) is 26.1 Å². The van der Waals surface area contributed by atoms with Crippen molar-refractivity contribution in [2.24, 2.45) is 0 Å². The van der Waals surface area contributed by atoms with Crippen LogP contribution < -0.4 is 5.32 Å². The van der Waals surface area contributed by atoms with Crippen LogP contribution >= 0.6 is 0 Å². The van der Waals surface area contributed by atoms with Crippen LogP contribution in [0.4, 0.5) is 0 Å². The maximum atomic E-state index is 5.26. The minimum absolute atomic E-state index is 0.0212. The van der Waals surface area contributed by atoms with Crippen LogP contribution in [0.3, 0.4) is 0 Å². The molecular formula is C18H30N2O. The van der Waals surface area contributed by atoms with Gasteiger partial charge in [-0.25, -0.2) is 0 Å². The highest BCUT2D eigenvalue weighted by Crippen LogP contribution is 2.27. The Hall–Kier alpha value is -0.900. The molecular weight excluding hydrogens is 260 g/mol. The summed E-state index contributed by atoms with van der Waals surface area (Å²) in [7, 11) is 1.79. The average Bonchev–Trinajstić information content (AvgIpc) is 2.66. The molecule has 1 N–H and O–H groups in total. The predicted octanol–water partition coefficient (Wildman–Crippen LogP) is 3.01. The summed E-state index contributed by atoms with van der Waals surface area (Å²) in [5.74, 6) is 0. The van der Waals surface area contributed by atoms with Gasteiger partial charge in [-0.1, -0.05) is 30.3 Å². The maximum Gasteiger partial charge on any atom is 0.0535 e. The first-order chi connectivity index (χ1) is 10.1. The van der Waals surface area contributed by atoms with Crippen LogP contribution in [-0.2, 0) is 10.3 Å². The molecule has 0 amide bonds. The highest BCUT2D eigenvalue weighted by molar-refractivity contribution is 5.24. The fourth-order valence-corrected chi connectivity index (χ4v) is 3.34. The number of methoxy groups -OCH3 is 1. The highest BCUT2D eigenvalue weighted by atomic mass is 16.5. The summed E-state index contributed by atoms with van der Waals surface area (Å²) in [6.45, 7) is 9.95. The molecule has 118 valence electrons. The lowest BCUT2D eigenvalue weighted by Crippen LogP contribution is -2.50. The van der Waals surface area contributed by atoms with Crippen LogP contribution in [0.1, 0.15) is 39.2 Å². The molecule has 0 bridgehead atoms. The van der Waals surface area contributed by atoms with E-state index in [1.807, 2.05) is 0 Å². The maximum absolute atomic E-state index is 5.26. The summed E-state index contributed by atoms with van der Waals surface area (Å²) >= 11 is 0. The van der Waals surface area contributed by atoms with Gasteiger partial charge in [-0.2, -0.15) is 0 Å².